The van der Waals surface area contributed by atoms with Crippen molar-refractivity contribution in [1.82, 2.24) is 10.6 Å². The second kappa shape index (κ2) is 11.0. The minimum absolute atomic E-state index is 0.0689. The predicted octanol–water partition coefficient (Wildman–Crippen LogP) is 3.68. The molecule has 29 heavy (non-hydrogen) atoms. The van der Waals surface area contributed by atoms with Gasteiger partial charge in [-0.2, -0.15) is 0 Å². The molecule has 2 aromatic rings. The van der Waals surface area contributed by atoms with Gasteiger partial charge >= 0.3 is 0 Å². The molecular formula is C22H30N4O2S. The molecule has 6 nitrogen and oxygen atoms in total. The van der Waals surface area contributed by atoms with Crippen LogP contribution in [0.1, 0.15) is 42.0 Å². The Morgan fingerprint density at radius 2 is 2.07 bits per heavy atom. The van der Waals surface area contributed by atoms with Crippen LogP contribution in [-0.2, 0) is 29.0 Å². The van der Waals surface area contributed by atoms with Gasteiger partial charge in [-0.05, 0) is 56.0 Å². The van der Waals surface area contributed by atoms with Gasteiger partial charge in [-0.3, -0.25) is 4.79 Å². The maximum Gasteiger partial charge on any atom is 0.253 e. The molecule has 1 fully saturated rings. The Morgan fingerprint density at radius 1 is 1.21 bits per heavy atom. The smallest absolute Gasteiger partial charge is 0.253 e. The van der Waals surface area contributed by atoms with Crippen LogP contribution in [0.25, 0.3) is 0 Å². The number of hydrogen-bond acceptors (Lipinski definition) is 4. The van der Waals surface area contributed by atoms with E-state index >= 15 is 0 Å². The SMILES string of the molecule is CCNC(=NCc1cccc(NC(=O)C2CCCO2)c1)NCc1ccc(CC)s1. The Hall–Kier alpha value is -2.38. The maximum absolute atomic E-state index is 12.2. The lowest BCUT2D eigenvalue weighted by atomic mass is 10.2. The van der Waals surface area contributed by atoms with Gasteiger partial charge in [0.1, 0.15) is 6.10 Å². The molecule has 1 aromatic heterocycles. The highest BCUT2D eigenvalue weighted by Crippen LogP contribution is 2.17. The number of rotatable bonds is 8. The third kappa shape index (κ3) is 6.58. The van der Waals surface area contributed by atoms with Gasteiger partial charge in [-0.1, -0.05) is 19.1 Å². The number of thiophene rings is 1. The summed E-state index contributed by atoms with van der Waals surface area (Å²) in [4.78, 5) is 19.6. The van der Waals surface area contributed by atoms with Crippen molar-refractivity contribution in [3.63, 3.8) is 0 Å². The van der Waals surface area contributed by atoms with Crippen LogP contribution in [0, 0.1) is 0 Å². The number of guanidine groups is 1. The zero-order valence-corrected chi connectivity index (χ0v) is 18.0. The lowest BCUT2D eigenvalue weighted by Gasteiger charge is -2.12. The van der Waals surface area contributed by atoms with Gasteiger partial charge < -0.3 is 20.7 Å². The van der Waals surface area contributed by atoms with Gasteiger partial charge in [-0.25, -0.2) is 4.99 Å². The molecule has 3 rings (SSSR count). The third-order valence-corrected chi connectivity index (χ3v) is 5.91. The molecule has 0 radical (unpaired) electrons. The number of aryl methyl sites for hydroxylation is 1. The standard InChI is InChI=1S/C22H30N4O2S/c1-3-18-10-11-19(29-18)15-25-22(23-4-2)24-14-16-7-5-8-17(13-16)26-21(27)20-9-6-12-28-20/h5,7-8,10-11,13,20H,3-4,6,9,12,14-15H2,1-2H3,(H,26,27)(H2,23,24,25). The number of nitrogens with zero attached hydrogens (tertiary/aromatic N) is 1. The quantitative estimate of drug-likeness (QED) is 0.455. The van der Waals surface area contributed by atoms with E-state index in [1.54, 1.807) is 0 Å². The minimum atomic E-state index is -0.327. The van der Waals surface area contributed by atoms with E-state index in [9.17, 15) is 4.79 Å². The van der Waals surface area contributed by atoms with E-state index in [2.05, 4.69) is 46.9 Å². The molecule has 1 aliphatic rings. The second-order valence-electron chi connectivity index (χ2n) is 6.96. The average Bonchev–Trinajstić information content (AvgIpc) is 3.42. The first-order valence-electron chi connectivity index (χ1n) is 10.3. The van der Waals surface area contributed by atoms with Crippen molar-refractivity contribution < 1.29 is 9.53 Å². The van der Waals surface area contributed by atoms with Gasteiger partial charge in [0.2, 0.25) is 0 Å². The zero-order chi connectivity index (χ0) is 20.5. The van der Waals surface area contributed by atoms with Crippen LogP contribution in [0.2, 0.25) is 0 Å². The average molecular weight is 415 g/mol. The predicted molar refractivity (Wildman–Crippen MR) is 119 cm³/mol. The molecule has 0 aliphatic carbocycles. The number of amides is 1. The molecule has 3 N–H and O–H groups in total. The summed E-state index contributed by atoms with van der Waals surface area (Å²) in [5, 5.41) is 9.63. The van der Waals surface area contributed by atoms with E-state index in [4.69, 9.17) is 4.74 Å². The van der Waals surface area contributed by atoms with Gasteiger partial charge in [0.05, 0.1) is 13.1 Å². The van der Waals surface area contributed by atoms with Crippen LogP contribution in [0.4, 0.5) is 5.69 Å². The number of ether oxygens (including phenoxy) is 1. The summed E-state index contributed by atoms with van der Waals surface area (Å²) >= 11 is 1.83. The van der Waals surface area contributed by atoms with Gasteiger partial charge in [0.25, 0.3) is 5.91 Å². The molecule has 0 bridgehead atoms. The molecule has 1 unspecified atom stereocenters. The molecule has 1 atom stereocenters. The van der Waals surface area contributed by atoms with Gasteiger partial charge in [-0.15, -0.1) is 11.3 Å². The summed E-state index contributed by atoms with van der Waals surface area (Å²) in [7, 11) is 0. The largest absolute Gasteiger partial charge is 0.368 e. The van der Waals surface area contributed by atoms with Crippen molar-refractivity contribution in [2.24, 2.45) is 4.99 Å². The van der Waals surface area contributed by atoms with Crippen LogP contribution < -0.4 is 16.0 Å². The second-order valence-corrected chi connectivity index (χ2v) is 8.21. The van der Waals surface area contributed by atoms with Crippen molar-refractivity contribution in [2.75, 3.05) is 18.5 Å². The Bertz CT molecular complexity index is 828. The molecule has 7 heteroatoms. The molecule has 0 saturated carbocycles. The van der Waals surface area contributed by atoms with E-state index in [-0.39, 0.29) is 12.0 Å². The van der Waals surface area contributed by atoms with Crippen LogP contribution >= 0.6 is 11.3 Å². The molecular weight excluding hydrogens is 384 g/mol. The number of anilines is 1. The Labute approximate surface area is 176 Å². The van der Waals surface area contributed by atoms with Crippen LogP contribution in [0.5, 0.6) is 0 Å². The summed E-state index contributed by atoms with van der Waals surface area (Å²) in [6.07, 6.45) is 2.47. The highest BCUT2D eigenvalue weighted by atomic mass is 32.1. The van der Waals surface area contributed by atoms with E-state index in [1.165, 1.54) is 9.75 Å². The first kappa shape index (κ1) is 21.3. The van der Waals surface area contributed by atoms with Gasteiger partial charge in [0, 0.05) is 28.6 Å². The normalized spacial score (nSPS) is 16.6. The lowest BCUT2D eigenvalue weighted by Crippen LogP contribution is -2.36. The van der Waals surface area contributed by atoms with E-state index in [0.29, 0.717) is 13.2 Å². The topological polar surface area (TPSA) is 74.8 Å². The Kier molecular flexibility index (Phi) is 8.07. The Morgan fingerprint density at radius 3 is 2.79 bits per heavy atom. The van der Waals surface area contributed by atoms with Crippen LogP contribution in [0.15, 0.2) is 41.4 Å². The number of carbonyl (C=O) groups excluding carboxylic acids is 1. The van der Waals surface area contributed by atoms with Crippen LogP contribution in [0.3, 0.4) is 0 Å². The monoisotopic (exact) mass is 414 g/mol. The lowest BCUT2D eigenvalue weighted by molar-refractivity contribution is -0.124. The summed E-state index contributed by atoms with van der Waals surface area (Å²) < 4.78 is 5.45. The number of nitrogens with one attached hydrogen (secondary N) is 3. The maximum atomic E-state index is 12.2. The summed E-state index contributed by atoms with van der Waals surface area (Å²) in [5.74, 6) is 0.716. The summed E-state index contributed by atoms with van der Waals surface area (Å²) in [6.45, 7) is 6.98. The molecule has 0 spiro atoms. The number of benzene rings is 1. The third-order valence-electron chi connectivity index (χ3n) is 4.68. The fourth-order valence-corrected chi connectivity index (χ4v) is 4.04. The number of aliphatic imine (C=N–C) groups is 1. The summed E-state index contributed by atoms with van der Waals surface area (Å²) in [6, 6.07) is 12.2. The van der Waals surface area contributed by atoms with Crippen LogP contribution in [-0.4, -0.2) is 31.1 Å². The van der Waals surface area contributed by atoms with E-state index < -0.39 is 0 Å². The van der Waals surface area contributed by atoms with Crippen molar-refractivity contribution in [2.45, 2.75) is 52.3 Å². The van der Waals surface area contributed by atoms with Crippen molar-refractivity contribution in [3.8, 4) is 0 Å². The van der Waals surface area contributed by atoms with E-state index in [1.807, 2.05) is 35.6 Å². The van der Waals surface area contributed by atoms with Crippen molar-refractivity contribution in [1.29, 1.82) is 0 Å². The Balaban J connectivity index is 1.57. The van der Waals surface area contributed by atoms with Gasteiger partial charge in [0.15, 0.2) is 5.96 Å². The molecule has 1 amide bonds. The van der Waals surface area contributed by atoms with E-state index in [0.717, 1.165) is 49.6 Å². The molecule has 1 aromatic carbocycles. The molecule has 1 aliphatic heterocycles. The number of hydrogen-bond donors (Lipinski definition) is 3. The highest BCUT2D eigenvalue weighted by molar-refractivity contribution is 7.11. The number of carbonyl (C=O) groups is 1. The highest BCUT2D eigenvalue weighted by Gasteiger charge is 2.23. The van der Waals surface area contributed by atoms with Crippen molar-refractivity contribution >= 4 is 28.9 Å². The summed E-state index contributed by atoms with van der Waals surface area (Å²) in [5.41, 5.74) is 1.82. The molecule has 1 saturated heterocycles. The van der Waals surface area contributed by atoms with Crippen molar-refractivity contribution in [3.05, 3.63) is 51.7 Å². The first-order chi connectivity index (χ1) is 14.2. The fraction of sp³-hybridized carbons (Fsp3) is 0.455. The fourth-order valence-electron chi connectivity index (χ4n) is 3.14. The first-order valence-corrected chi connectivity index (χ1v) is 11.1. The molecule has 156 valence electrons. The zero-order valence-electron chi connectivity index (χ0n) is 17.2. The minimum Gasteiger partial charge on any atom is -0.368 e. The molecule has 2 heterocycles.